The van der Waals surface area contributed by atoms with Crippen LogP contribution in [0.4, 0.5) is 0 Å². The summed E-state index contributed by atoms with van der Waals surface area (Å²) in [5.41, 5.74) is 0. The quantitative estimate of drug-likeness (QED) is 0.393. The Morgan fingerprint density at radius 2 is 0.923 bits per heavy atom. The van der Waals surface area contributed by atoms with Crippen LogP contribution in [0.1, 0.15) is 0 Å². The number of aliphatic hydroxyl groups is 3. The molecule has 0 unspecified atom stereocenters. The number of aliphatic hydroxyl groups excluding tert-OH is 3. The molecule has 1 saturated carbocycles. The Morgan fingerprint density at radius 3 is 1.23 bits per heavy atom. The van der Waals surface area contributed by atoms with Crippen LogP contribution >= 0.6 is 0 Å². The van der Waals surface area contributed by atoms with Crippen LogP contribution in [0.5, 0.6) is 0 Å². The van der Waals surface area contributed by atoms with Gasteiger partial charge in [0.1, 0.15) is 36.6 Å². The van der Waals surface area contributed by atoms with Crippen molar-refractivity contribution < 1.29 is 29.5 Å². The van der Waals surface area contributed by atoms with Gasteiger partial charge in [0.15, 0.2) is 0 Å². The summed E-state index contributed by atoms with van der Waals surface area (Å²) in [6.45, 7) is -0.852. The van der Waals surface area contributed by atoms with Crippen LogP contribution in [0.3, 0.4) is 0 Å². The lowest BCUT2D eigenvalue weighted by atomic mass is 9.83. The van der Waals surface area contributed by atoms with E-state index >= 15 is 0 Å². The van der Waals surface area contributed by atoms with E-state index in [9.17, 15) is 15.3 Å². The molecule has 3 saturated heterocycles. The van der Waals surface area contributed by atoms with Crippen LogP contribution in [0.15, 0.2) is 0 Å². The maximum absolute atomic E-state index is 9.54. The molecule has 0 amide bonds. The Kier molecular flexibility index (Phi) is 1.50. The molecule has 3 N–H and O–H groups in total. The summed E-state index contributed by atoms with van der Waals surface area (Å²) in [4.78, 5) is 0. The molecule has 4 bridgehead atoms. The van der Waals surface area contributed by atoms with Gasteiger partial charge in [-0.25, -0.2) is 0 Å². The first-order valence-corrected chi connectivity index (χ1v) is 4.19. The van der Waals surface area contributed by atoms with E-state index < -0.39 is 43.1 Å². The highest BCUT2D eigenvalue weighted by atomic mass is 16.9. The minimum atomic E-state index is -0.985. The first-order chi connectivity index (χ1) is 6.18. The third-order valence-corrected chi connectivity index (χ3v) is 2.82. The van der Waals surface area contributed by atoms with Gasteiger partial charge in [-0.05, 0) is 0 Å². The number of hydrogen-bond acceptors (Lipinski definition) is 6. The van der Waals surface area contributed by atoms with Crippen molar-refractivity contribution in [3.63, 3.8) is 0 Å². The molecular formula is C7H10O6. The predicted molar refractivity (Wildman–Crippen MR) is 36.4 cm³/mol. The topological polar surface area (TPSA) is 88.4 Å². The van der Waals surface area contributed by atoms with Gasteiger partial charge in [0.05, 0.1) is 0 Å². The van der Waals surface area contributed by atoms with Crippen molar-refractivity contribution >= 4 is 0 Å². The molecule has 74 valence electrons. The van der Waals surface area contributed by atoms with Gasteiger partial charge in [-0.15, -0.1) is 0 Å². The number of hydrogen-bond donors (Lipinski definition) is 3. The minimum Gasteiger partial charge on any atom is -0.387 e. The van der Waals surface area contributed by atoms with Crippen LogP contribution in [0.25, 0.3) is 0 Å². The second-order valence-electron chi connectivity index (χ2n) is 3.56. The maximum Gasteiger partial charge on any atom is 0.272 e. The lowest BCUT2D eigenvalue weighted by molar-refractivity contribution is -0.481. The predicted octanol–water partition coefficient (Wildman–Crippen LogP) is -2.45. The van der Waals surface area contributed by atoms with Crippen molar-refractivity contribution in [2.45, 2.75) is 43.1 Å². The Hall–Kier alpha value is -0.240. The van der Waals surface area contributed by atoms with Crippen molar-refractivity contribution in [2.24, 2.45) is 0 Å². The maximum atomic E-state index is 9.54. The van der Waals surface area contributed by atoms with Gasteiger partial charge in [-0.3, -0.25) is 0 Å². The van der Waals surface area contributed by atoms with Gasteiger partial charge in [-0.1, -0.05) is 0 Å². The van der Waals surface area contributed by atoms with E-state index in [4.69, 9.17) is 14.2 Å². The molecule has 0 atom stereocenters. The zero-order chi connectivity index (χ0) is 9.16. The Labute approximate surface area is 73.6 Å². The van der Waals surface area contributed by atoms with Gasteiger partial charge in [0.2, 0.25) is 0 Å². The smallest absolute Gasteiger partial charge is 0.272 e. The Bertz CT molecular complexity index is 183. The summed E-state index contributed by atoms with van der Waals surface area (Å²) in [7, 11) is 0. The van der Waals surface area contributed by atoms with E-state index in [0.29, 0.717) is 0 Å². The number of ether oxygens (including phenoxy) is 3. The molecule has 3 aliphatic heterocycles. The Morgan fingerprint density at radius 1 is 0.615 bits per heavy atom. The van der Waals surface area contributed by atoms with Gasteiger partial charge in [0, 0.05) is 0 Å². The first kappa shape index (κ1) is 8.10. The van der Waals surface area contributed by atoms with Crippen molar-refractivity contribution in [1.82, 2.24) is 0 Å². The second-order valence-corrected chi connectivity index (χ2v) is 3.56. The standard InChI is InChI=1S/C7H10O6/c8-1-4-2(9)6-3(10)5(1)12-7(11-4)13-6/h1-10H/t1-,2?,3?,4+,5?,6-,7?/m0/s1. The fraction of sp³-hybridized carbons (Fsp3) is 1.00. The van der Waals surface area contributed by atoms with E-state index in [2.05, 4.69) is 0 Å². The molecule has 1 aliphatic carbocycles. The zero-order valence-corrected chi connectivity index (χ0v) is 6.61. The highest BCUT2D eigenvalue weighted by Crippen LogP contribution is 2.39. The molecule has 4 fully saturated rings. The molecule has 4 aliphatic rings. The average Bonchev–Trinajstić information content (AvgIpc) is 2.12. The zero-order valence-electron chi connectivity index (χ0n) is 6.61. The molecule has 0 spiro atoms. The van der Waals surface area contributed by atoms with Gasteiger partial charge in [-0.2, -0.15) is 0 Å². The molecule has 0 aromatic heterocycles. The van der Waals surface area contributed by atoms with Crippen LogP contribution in [-0.4, -0.2) is 58.4 Å². The highest BCUT2D eigenvalue weighted by Gasteiger charge is 2.60. The molecule has 3 heterocycles. The van der Waals surface area contributed by atoms with E-state index in [-0.39, 0.29) is 0 Å². The summed E-state index contributed by atoms with van der Waals surface area (Å²) >= 11 is 0. The summed E-state index contributed by atoms with van der Waals surface area (Å²) in [5, 5.41) is 28.6. The molecular weight excluding hydrogens is 180 g/mol. The third kappa shape index (κ3) is 0.876. The molecule has 0 aromatic carbocycles. The Balaban J connectivity index is 1.97. The number of rotatable bonds is 0. The van der Waals surface area contributed by atoms with Gasteiger partial charge in [0.25, 0.3) is 6.48 Å². The summed E-state index contributed by atoms with van der Waals surface area (Å²) < 4.78 is 15.1. The lowest BCUT2D eigenvalue weighted by Crippen LogP contribution is -2.75. The lowest BCUT2D eigenvalue weighted by Gasteiger charge is -2.55. The minimum absolute atomic E-state index is 0.703. The third-order valence-electron chi connectivity index (χ3n) is 2.82. The van der Waals surface area contributed by atoms with E-state index in [1.54, 1.807) is 0 Å². The van der Waals surface area contributed by atoms with Gasteiger partial charge < -0.3 is 29.5 Å². The van der Waals surface area contributed by atoms with E-state index in [1.807, 2.05) is 0 Å². The fourth-order valence-electron chi connectivity index (χ4n) is 2.13. The van der Waals surface area contributed by atoms with Crippen molar-refractivity contribution in [3.05, 3.63) is 0 Å². The molecule has 0 radical (unpaired) electrons. The monoisotopic (exact) mass is 190 g/mol. The molecule has 4 rings (SSSR count). The van der Waals surface area contributed by atoms with Crippen LogP contribution in [0.2, 0.25) is 0 Å². The molecule has 6 nitrogen and oxygen atoms in total. The molecule has 0 aromatic rings. The van der Waals surface area contributed by atoms with E-state index in [0.717, 1.165) is 0 Å². The normalized spacial score (nSPS) is 64.4. The molecule has 13 heavy (non-hydrogen) atoms. The van der Waals surface area contributed by atoms with Crippen molar-refractivity contribution in [3.8, 4) is 0 Å². The van der Waals surface area contributed by atoms with Crippen LogP contribution < -0.4 is 0 Å². The molecule has 6 heteroatoms. The average molecular weight is 190 g/mol. The van der Waals surface area contributed by atoms with Crippen LogP contribution in [-0.2, 0) is 14.2 Å². The van der Waals surface area contributed by atoms with Crippen molar-refractivity contribution in [1.29, 1.82) is 0 Å². The van der Waals surface area contributed by atoms with Crippen molar-refractivity contribution in [2.75, 3.05) is 0 Å². The second kappa shape index (κ2) is 2.41. The van der Waals surface area contributed by atoms with Gasteiger partial charge >= 0.3 is 0 Å². The largest absolute Gasteiger partial charge is 0.387 e. The van der Waals surface area contributed by atoms with E-state index in [1.165, 1.54) is 0 Å². The first-order valence-electron chi connectivity index (χ1n) is 4.19. The summed E-state index contributed by atoms with van der Waals surface area (Å²) in [5.74, 6) is 0. The highest BCUT2D eigenvalue weighted by molar-refractivity contribution is 5.05. The summed E-state index contributed by atoms with van der Waals surface area (Å²) in [6.07, 6.45) is -5.06. The SMILES string of the molecule is OC1C2OC3O[C@H]1C(O)[C@H](O3)[C@@H]2O. The summed E-state index contributed by atoms with van der Waals surface area (Å²) in [6, 6.07) is 0. The fourth-order valence-corrected chi connectivity index (χ4v) is 2.13. The van der Waals surface area contributed by atoms with Crippen LogP contribution in [0, 0.1) is 0 Å².